The predicted molar refractivity (Wildman–Crippen MR) is 105 cm³/mol. The molecule has 0 radical (unpaired) electrons. The lowest BCUT2D eigenvalue weighted by Gasteiger charge is -2.46. The second-order valence-electron chi connectivity index (χ2n) is 7.59. The van der Waals surface area contributed by atoms with Crippen LogP contribution in [-0.2, 0) is 6.54 Å². The summed E-state index contributed by atoms with van der Waals surface area (Å²) in [5.74, 6) is 0.224. The van der Waals surface area contributed by atoms with Crippen molar-refractivity contribution in [1.29, 1.82) is 0 Å². The predicted octanol–water partition coefficient (Wildman–Crippen LogP) is 4.64. The third-order valence-corrected chi connectivity index (χ3v) is 7.64. The first-order valence-corrected chi connectivity index (χ1v) is 11.0. The van der Waals surface area contributed by atoms with Gasteiger partial charge in [-0.2, -0.15) is 11.3 Å². The van der Waals surface area contributed by atoms with Crippen molar-refractivity contribution in [2.75, 3.05) is 26.2 Å². The van der Waals surface area contributed by atoms with Crippen LogP contribution >= 0.6 is 22.7 Å². The number of thiophene rings is 2. The molecule has 4 heterocycles. The molecule has 3 nitrogen and oxygen atoms in total. The van der Waals surface area contributed by atoms with Crippen molar-refractivity contribution in [2.24, 2.45) is 5.41 Å². The van der Waals surface area contributed by atoms with Crippen LogP contribution in [0, 0.1) is 12.3 Å². The van der Waals surface area contributed by atoms with Crippen LogP contribution in [0.4, 0.5) is 0 Å². The topological polar surface area (TPSA) is 23.6 Å². The zero-order valence-electron chi connectivity index (χ0n) is 14.9. The highest BCUT2D eigenvalue weighted by Crippen LogP contribution is 2.41. The quantitative estimate of drug-likeness (QED) is 0.781. The SMILES string of the molecule is Cc1ccc(CN2CCC3(CC2)CCN(C(=O)c2ccsc2)CC3)s1. The molecule has 2 aliphatic heterocycles. The number of hydrogen-bond acceptors (Lipinski definition) is 4. The minimum atomic E-state index is 0.224. The summed E-state index contributed by atoms with van der Waals surface area (Å²) < 4.78 is 0. The monoisotopic (exact) mass is 374 g/mol. The van der Waals surface area contributed by atoms with Gasteiger partial charge in [0.2, 0.25) is 0 Å². The van der Waals surface area contributed by atoms with Crippen LogP contribution < -0.4 is 0 Å². The zero-order chi connectivity index (χ0) is 17.3. The number of hydrogen-bond donors (Lipinski definition) is 0. The first-order valence-electron chi connectivity index (χ1n) is 9.23. The van der Waals surface area contributed by atoms with Gasteiger partial charge in [0, 0.05) is 34.8 Å². The van der Waals surface area contributed by atoms with Crippen molar-refractivity contribution in [3.05, 3.63) is 44.3 Å². The standard InChI is InChI=1S/C20H26N2OS2/c1-16-2-3-18(25-16)14-21-9-5-20(6-10-21)7-11-22(12-8-20)19(23)17-4-13-24-15-17/h2-4,13,15H,5-12,14H2,1H3. The fourth-order valence-corrected chi connectivity index (χ4v) is 5.79. The number of carbonyl (C=O) groups excluding carboxylic acids is 1. The summed E-state index contributed by atoms with van der Waals surface area (Å²) in [5.41, 5.74) is 1.34. The molecule has 0 aromatic carbocycles. The Hall–Kier alpha value is -1.17. The van der Waals surface area contributed by atoms with Crippen LogP contribution in [0.5, 0.6) is 0 Å². The molecule has 0 N–H and O–H groups in total. The highest BCUT2D eigenvalue weighted by atomic mass is 32.1. The largest absolute Gasteiger partial charge is 0.339 e. The van der Waals surface area contributed by atoms with Crippen LogP contribution in [0.25, 0.3) is 0 Å². The second kappa shape index (κ2) is 7.22. The van der Waals surface area contributed by atoms with Gasteiger partial charge >= 0.3 is 0 Å². The van der Waals surface area contributed by atoms with Crippen LogP contribution in [0.3, 0.4) is 0 Å². The molecule has 0 aliphatic carbocycles. The lowest BCUT2D eigenvalue weighted by atomic mass is 9.71. The third kappa shape index (κ3) is 3.83. The summed E-state index contributed by atoms with van der Waals surface area (Å²) in [6.07, 6.45) is 4.93. The van der Waals surface area contributed by atoms with E-state index in [0.29, 0.717) is 5.41 Å². The Labute approximate surface area is 158 Å². The van der Waals surface area contributed by atoms with E-state index >= 15 is 0 Å². The van der Waals surface area contributed by atoms with Crippen LogP contribution in [0.2, 0.25) is 0 Å². The smallest absolute Gasteiger partial charge is 0.254 e. The first kappa shape index (κ1) is 17.3. The maximum atomic E-state index is 12.5. The maximum Gasteiger partial charge on any atom is 0.254 e. The molecule has 2 aromatic heterocycles. The number of nitrogens with zero attached hydrogens (tertiary/aromatic N) is 2. The number of carbonyl (C=O) groups is 1. The van der Waals surface area contributed by atoms with Gasteiger partial charge in [0.1, 0.15) is 0 Å². The van der Waals surface area contributed by atoms with Gasteiger partial charge in [-0.3, -0.25) is 9.69 Å². The lowest BCUT2D eigenvalue weighted by molar-refractivity contribution is 0.0287. The lowest BCUT2D eigenvalue weighted by Crippen LogP contribution is -2.48. The summed E-state index contributed by atoms with van der Waals surface area (Å²) in [6.45, 7) is 7.56. The molecule has 0 atom stereocenters. The molecule has 134 valence electrons. The molecular weight excluding hydrogens is 348 g/mol. The van der Waals surface area contributed by atoms with E-state index in [-0.39, 0.29) is 5.91 Å². The Kier molecular flexibility index (Phi) is 4.98. The summed E-state index contributed by atoms with van der Waals surface area (Å²) in [6, 6.07) is 6.45. The fraction of sp³-hybridized carbons (Fsp3) is 0.550. The van der Waals surface area contributed by atoms with Crippen molar-refractivity contribution in [1.82, 2.24) is 9.80 Å². The molecule has 2 aliphatic rings. The van der Waals surface area contributed by atoms with E-state index in [0.717, 1.165) is 25.2 Å². The molecule has 1 amide bonds. The van der Waals surface area contributed by atoms with Gasteiger partial charge in [-0.1, -0.05) is 0 Å². The van der Waals surface area contributed by atoms with E-state index in [4.69, 9.17) is 0 Å². The summed E-state index contributed by atoms with van der Waals surface area (Å²) in [4.78, 5) is 20.1. The molecular formula is C20H26N2OS2. The number of piperidine rings is 2. The van der Waals surface area contributed by atoms with Gasteiger partial charge in [0.25, 0.3) is 5.91 Å². The van der Waals surface area contributed by atoms with E-state index < -0.39 is 0 Å². The molecule has 0 unspecified atom stereocenters. The van der Waals surface area contributed by atoms with Crippen molar-refractivity contribution < 1.29 is 4.79 Å². The van der Waals surface area contributed by atoms with Gasteiger partial charge in [-0.25, -0.2) is 0 Å². The van der Waals surface area contributed by atoms with E-state index in [2.05, 4.69) is 28.9 Å². The molecule has 5 heteroatoms. The molecule has 25 heavy (non-hydrogen) atoms. The number of amides is 1. The van der Waals surface area contributed by atoms with Crippen LogP contribution in [-0.4, -0.2) is 41.9 Å². The minimum Gasteiger partial charge on any atom is -0.339 e. The Morgan fingerprint density at radius 1 is 1.08 bits per heavy atom. The first-order chi connectivity index (χ1) is 12.1. The zero-order valence-corrected chi connectivity index (χ0v) is 16.5. The number of likely N-dealkylation sites (tertiary alicyclic amines) is 2. The Morgan fingerprint density at radius 3 is 2.40 bits per heavy atom. The Bertz CT molecular complexity index is 704. The highest BCUT2D eigenvalue weighted by Gasteiger charge is 2.38. The minimum absolute atomic E-state index is 0.224. The van der Waals surface area contributed by atoms with E-state index in [1.54, 1.807) is 11.3 Å². The highest BCUT2D eigenvalue weighted by molar-refractivity contribution is 7.11. The average Bonchev–Trinajstić information content (AvgIpc) is 3.29. The summed E-state index contributed by atoms with van der Waals surface area (Å²) in [7, 11) is 0. The number of aryl methyl sites for hydroxylation is 1. The summed E-state index contributed by atoms with van der Waals surface area (Å²) >= 11 is 3.53. The van der Waals surface area contributed by atoms with Gasteiger partial charge in [0.05, 0.1) is 5.56 Å². The van der Waals surface area contributed by atoms with E-state index in [9.17, 15) is 4.79 Å². The van der Waals surface area contributed by atoms with Crippen LogP contribution in [0.1, 0.15) is 45.8 Å². The molecule has 4 rings (SSSR count). The van der Waals surface area contributed by atoms with Gasteiger partial charge in [-0.05, 0) is 74.7 Å². The van der Waals surface area contributed by atoms with E-state index in [1.165, 1.54) is 48.5 Å². The van der Waals surface area contributed by atoms with E-state index in [1.807, 2.05) is 28.2 Å². The number of rotatable bonds is 3. The van der Waals surface area contributed by atoms with Crippen molar-refractivity contribution in [3.63, 3.8) is 0 Å². The molecule has 0 bridgehead atoms. The maximum absolute atomic E-state index is 12.5. The third-order valence-electron chi connectivity index (χ3n) is 5.97. The molecule has 1 spiro atoms. The molecule has 2 saturated heterocycles. The molecule has 0 saturated carbocycles. The fourth-order valence-electron chi connectivity index (χ4n) is 4.23. The molecule has 2 fully saturated rings. The summed E-state index contributed by atoms with van der Waals surface area (Å²) in [5, 5.41) is 3.96. The van der Waals surface area contributed by atoms with Gasteiger partial charge in [0.15, 0.2) is 0 Å². The Morgan fingerprint density at radius 2 is 1.80 bits per heavy atom. The normalized spacial score (nSPS) is 20.9. The van der Waals surface area contributed by atoms with Crippen molar-refractivity contribution in [3.8, 4) is 0 Å². The van der Waals surface area contributed by atoms with Crippen LogP contribution in [0.15, 0.2) is 29.0 Å². The van der Waals surface area contributed by atoms with Crippen molar-refractivity contribution in [2.45, 2.75) is 39.2 Å². The van der Waals surface area contributed by atoms with Gasteiger partial charge in [-0.15, -0.1) is 11.3 Å². The molecule has 2 aromatic rings. The average molecular weight is 375 g/mol. The second-order valence-corrected chi connectivity index (χ2v) is 9.75. The van der Waals surface area contributed by atoms with Gasteiger partial charge < -0.3 is 4.90 Å². The Balaban J connectivity index is 1.28. The van der Waals surface area contributed by atoms with Crippen molar-refractivity contribution >= 4 is 28.6 Å².